The summed E-state index contributed by atoms with van der Waals surface area (Å²) in [4.78, 5) is 11.9. The molecule has 1 nitrogen and oxygen atoms in total. The Morgan fingerprint density at radius 3 is 2.29 bits per heavy atom. The number of carbonyl (C=O) groups is 1. The van der Waals surface area contributed by atoms with Crippen LogP contribution in [0.5, 0.6) is 0 Å². The zero-order valence-corrected chi connectivity index (χ0v) is 19.7. The zero-order valence-electron chi connectivity index (χ0n) is 19.7. The lowest BCUT2D eigenvalue weighted by molar-refractivity contribution is -0.117. The number of ketones is 1. The topological polar surface area (TPSA) is 17.1 Å². The number of carbonyl (C=O) groups excluding carboxylic acids is 1. The van der Waals surface area contributed by atoms with E-state index in [1.807, 2.05) is 11.6 Å². The van der Waals surface area contributed by atoms with Gasteiger partial charge in [0.15, 0.2) is 5.78 Å². The van der Waals surface area contributed by atoms with Crippen molar-refractivity contribution in [2.24, 2.45) is 34.5 Å². The van der Waals surface area contributed by atoms with Gasteiger partial charge >= 0.3 is 0 Å². The minimum atomic E-state index is 0.324. The minimum Gasteiger partial charge on any atom is -0.295 e. The molecule has 4 aliphatic rings. The molecule has 4 rings (SSSR count). The third kappa shape index (κ3) is 3.68. The number of rotatable bonds is 1. The second-order valence-electron chi connectivity index (χ2n) is 11.3. The van der Waals surface area contributed by atoms with Crippen LogP contribution in [0.25, 0.3) is 0 Å². The summed E-state index contributed by atoms with van der Waals surface area (Å²) >= 11 is 0. The molecule has 0 amide bonds. The molecule has 28 heavy (non-hydrogen) atoms. The Bertz CT molecular complexity index is 663. The largest absolute Gasteiger partial charge is 0.295 e. The lowest BCUT2D eigenvalue weighted by Gasteiger charge is -2.57. The summed E-state index contributed by atoms with van der Waals surface area (Å²) in [6, 6.07) is 0. The molecule has 3 fully saturated rings. The first-order valence-electron chi connectivity index (χ1n) is 12.1. The standard InChI is InChI=1S/C23H34O.C4H10/c1-5-15(2)19-8-9-20-18-7-6-16-14-17(24)10-12-22(16,3)21(18)11-13-23(19,20)4;1-4(2)3/h14,18,20-21H,5-13H2,1-4H3;4H,1-3H3/b19-15+;. The van der Waals surface area contributed by atoms with E-state index in [-0.39, 0.29) is 0 Å². The van der Waals surface area contributed by atoms with Crippen molar-refractivity contribution in [2.75, 3.05) is 0 Å². The van der Waals surface area contributed by atoms with Crippen LogP contribution in [0.3, 0.4) is 0 Å². The average Bonchev–Trinajstić information content (AvgIpc) is 2.98. The molecule has 0 aromatic rings. The first-order chi connectivity index (χ1) is 13.1. The fourth-order valence-corrected chi connectivity index (χ4v) is 7.29. The molecule has 5 atom stereocenters. The van der Waals surface area contributed by atoms with Crippen LogP contribution in [0.1, 0.15) is 106 Å². The molecule has 4 aliphatic carbocycles. The van der Waals surface area contributed by atoms with E-state index in [0.717, 1.165) is 36.5 Å². The second kappa shape index (κ2) is 8.11. The molecule has 0 aliphatic heterocycles. The predicted octanol–water partition coefficient (Wildman–Crippen LogP) is 7.91. The number of fused-ring (bicyclic) bond motifs is 5. The van der Waals surface area contributed by atoms with E-state index in [2.05, 4.69) is 48.5 Å². The molecule has 0 heterocycles. The summed E-state index contributed by atoms with van der Waals surface area (Å²) in [5.41, 5.74) is 5.79. The molecule has 158 valence electrons. The van der Waals surface area contributed by atoms with Crippen LogP contribution in [-0.2, 0) is 4.79 Å². The predicted molar refractivity (Wildman–Crippen MR) is 120 cm³/mol. The van der Waals surface area contributed by atoms with E-state index >= 15 is 0 Å². The molecule has 0 bridgehead atoms. The van der Waals surface area contributed by atoms with Gasteiger partial charge in [0.2, 0.25) is 0 Å². The maximum Gasteiger partial charge on any atom is 0.155 e. The summed E-state index contributed by atoms with van der Waals surface area (Å²) in [7, 11) is 0. The Morgan fingerprint density at radius 1 is 1.00 bits per heavy atom. The molecule has 0 aromatic heterocycles. The highest BCUT2D eigenvalue weighted by atomic mass is 16.1. The maximum absolute atomic E-state index is 11.9. The van der Waals surface area contributed by atoms with Gasteiger partial charge in [-0.15, -0.1) is 0 Å². The number of hydrogen-bond acceptors (Lipinski definition) is 1. The van der Waals surface area contributed by atoms with Crippen molar-refractivity contribution in [1.29, 1.82) is 0 Å². The quantitative estimate of drug-likeness (QED) is 0.420. The zero-order chi connectivity index (χ0) is 20.7. The fraction of sp³-hybridized carbons (Fsp3) is 0.815. The van der Waals surface area contributed by atoms with Crippen LogP contribution in [0.2, 0.25) is 0 Å². The highest BCUT2D eigenvalue weighted by molar-refractivity contribution is 5.91. The van der Waals surface area contributed by atoms with E-state index in [4.69, 9.17) is 0 Å². The number of allylic oxidation sites excluding steroid dienone is 3. The van der Waals surface area contributed by atoms with Crippen molar-refractivity contribution in [1.82, 2.24) is 0 Å². The molecule has 0 spiro atoms. The van der Waals surface area contributed by atoms with E-state index in [0.29, 0.717) is 16.6 Å². The van der Waals surface area contributed by atoms with E-state index in [1.165, 1.54) is 50.5 Å². The lowest BCUT2D eigenvalue weighted by Crippen LogP contribution is -2.49. The van der Waals surface area contributed by atoms with Crippen LogP contribution in [0, 0.1) is 34.5 Å². The van der Waals surface area contributed by atoms with Crippen molar-refractivity contribution in [3.05, 3.63) is 22.8 Å². The molecule has 1 heteroatoms. The molecule has 0 radical (unpaired) electrons. The summed E-state index contributed by atoms with van der Waals surface area (Å²) in [6.07, 6.45) is 13.2. The van der Waals surface area contributed by atoms with Gasteiger partial charge in [-0.1, -0.05) is 58.3 Å². The van der Waals surface area contributed by atoms with Gasteiger partial charge in [-0.2, -0.15) is 0 Å². The fourth-order valence-electron chi connectivity index (χ4n) is 7.29. The van der Waals surface area contributed by atoms with E-state index in [9.17, 15) is 4.79 Å². The normalized spacial score (nSPS) is 41.4. The van der Waals surface area contributed by atoms with Crippen molar-refractivity contribution in [3.63, 3.8) is 0 Å². The molecular weight excluding hydrogens is 340 g/mol. The Morgan fingerprint density at radius 2 is 1.64 bits per heavy atom. The van der Waals surface area contributed by atoms with Crippen molar-refractivity contribution >= 4 is 5.78 Å². The molecule has 0 N–H and O–H groups in total. The molecule has 0 aromatic carbocycles. The van der Waals surface area contributed by atoms with Gasteiger partial charge in [0.1, 0.15) is 0 Å². The van der Waals surface area contributed by atoms with Crippen LogP contribution in [-0.4, -0.2) is 5.78 Å². The average molecular weight is 385 g/mol. The molecule has 0 saturated heterocycles. The second-order valence-corrected chi connectivity index (χ2v) is 11.3. The third-order valence-electron chi connectivity index (χ3n) is 8.79. The smallest absolute Gasteiger partial charge is 0.155 e. The molecular formula is C27H44O. The van der Waals surface area contributed by atoms with Crippen LogP contribution in [0.4, 0.5) is 0 Å². The summed E-state index contributed by atoms with van der Waals surface area (Å²) in [5, 5.41) is 0. The van der Waals surface area contributed by atoms with E-state index in [1.54, 1.807) is 5.57 Å². The van der Waals surface area contributed by atoms with Crippen LogP contribution in [0.15, 0.2) is 22.8 Å². The van der Waals surface area contributed by atoms with Gasteiger partial charge in [-0.3, -0.25) is 4.79 Å². The van der Waals surface area contributed by atoms with Crippen molar-refractivity contribution < 1.29 is 4.79 Å². The Labute approximate surface area is 174 Å². The Hall–Kier alpha value is -0.850. The first kappa shape index (κ1) is 21.8. The van der Waals surface area contributed by atoms with Gasteiger partial charge in [0, 0.05) is 6.42 Å². The minimum absolute atomic E-state index is 0.324. The van der Waals surface area contributed by atoms with E-state index < -0.39 is 0 Å². The lowest BCUT2D eigenvalue weighted by atomic mass is 9.47. The summed E-state index contributed by atoms with van der Waals surface area (Å²) in [6.45, 7) is 16.3. The summed E-state index contributed by atoms with van der Waals surface area (Å²) in [5.74, 6) is 3.82. The maximum atomic E-state index is 11.9. The molecule has 5 unspecified atom stereocenters. The van der Waals surface area contributed by atoms with Crippen LogP contribution < -0.4 is 0 Å². The van der Waals surface area contributed by atoms with Gasteiger partial charge in [0.05, 0.1) is 0 Å². The molecule has 3 saturated carbocycles. The number of hydrogen-bond donors (Lipinski definition) is 0. The Balaban J connectivity index is 0.000000516. The van der Waals surface area contributed by atoms with Gasteiger partial charge in [-0.25, -0.2) is 0 Å². The van der Waals surface area contributed by atoms with Crippen LogP contribution >= 0.6 is 0 Å². The highest BCUT2D eigenvalue weighted by Crippen LogP contribution is 2.66. The highest BCUT2D eigenvalue weighted by Gasteiger charge is 2.57. The monoisotopic (exact) mass is 384 g/mol. The van der Waals surface area contributed by atoms with Gasteiger partial charge < -0.3 is 0 Å². The van der Waals surface area contributed by atoms with Crippen molar-refractivity contribution in [3.8, 4) is 0 Å². The summed E-state index contributed by atoms with van der Waals surface area (Å²) < 4.78 is 0. The first-order valence-corrected chi connectivity index (χ1v) is 12.1. The van der Waals surface area contributed by atoms with Crippen molar-refractivity contribution in [2.45, 2.75) is 106 Å². The Kier molecular flexibility index (Phi) is 6.33. The third-order valence-corrected chi connectivity index (χ3v) is 8.79. The van der Waals surface area contributed by atoms with Gasteiger partial charge in [0.25, 0.3) is 0 Å². The van der Waals surface area contributed by atoms with Gasteiger partial charge in [-0.05, 0) is 98.9 Å². The SMILES string of the molecule is CC(C)C.CC/C(C)=C1\CCC2C3CCC4=CC(=O)CCC4(C)C3CCC12C.